The molecule has 2 heterocycles. The highest BCUT2D eigenvalue weighted by atomic mass is 32.1. The number of benzene rings is 2. The van der Waals surface area contributed by atoms with E-state index in [0.29, 0.717) is 12.3 Å². The molecule has 0 radical (unpaired) electrons. The Bertz CT molecular complexity index is 940. The molecule has 1 saturated heterocycles. The van der Waals surface area contributed by atoms with E-state index in [4.69, 9.17) is 4.74 Å². The van der Waals surface area contributed by atoms with Gasteiger partial charge in [-0.15, -0.1) is 11.3 Å². The SMILES string of the molecule is Cc1nc(C(=O)N2CCCCC2CCOc2ccccc2)c(-c2ccccc2)s1. The van der Waals surface area contributed by atoms with Crippen molar-refractivity contribution in [3.8, 4) is 16.2 Å². The van der Waals surface area contributed by atoms with Gasteiger partial charge < -0.3 is 9.64 Å². The van der Waals surface area contributed by atoms with Crippen molar-refractivity contribution in [2.45, 2.75) is 38.6 Å². The highest BCUT2D eigenvalue weighted by Gasteiger charge is 2.30. The molecule has 1 unspecified atom stereocenters. The lowest BCUT2D eigenvalue weighted by atomic mass is 9.98. The van der Waals surface area contributed by atoms with Crippen molar-refractivity contribution in [1.82, 2.24) is 9.88 Å². The monoisotopic (exact) mass is 406 g/mol. The number of carbonyl (C=O) groups is 1. The first-order valence-corrected chi connectivity index (χ1v) is 11.1. The zero-order chi connectivity index (χ0) is 20.1. The highest BCUT2D eigenvalue weighted by molar-refractivity contribution is 7.15. The summed E-state index contributed by atoms with van der Waals surface area (Å²) in [5.74, 6) is 0.931. The number of aromatic nitrogens is 1. The lowest BCUT2D eigenvalue weighted by molar-refractivity contribution is 0.0576. The summed E-state index contributed by atoms with van der Waals surface area (Å²) in [5, 5.41) is 0.924. The molecule has 1 aliphatic rings. The molecule has 0 saturated carbocycles. The molecule has 1 aromatic heterocycles. The summed E-state index contributed by atoms with van der Waals surface area (Å²) < 4.78 is 5.89. The van der Waals surface area contributed by atoms with E-state index in [1.807, 2.05) is 72.5 Å². The minimum absolute atomic E-state index is 0.0533. The molecule has 1 amide bonds. The first-order chi connectivity index (χ1) is 14.2. The second-order valence-corrected chi connectivity index (χ2v) is 8.58. The number of ether oxygens (including phenoxy) is 1. The highest BCUT2D eigenvalue weighted by Crippen LogP contribution is 2.32. The lowest BCUT2D eigenvalue weighted by Crippen LogP contribution is -2.44. The Kier molecular flexibility index (Phi) is 6.25. The number of carbonyl (C=O) groups excluding carboxylic acids is 1. The summed E-state index contributed by atoms with van der Waals surface area (Å²) in [6.45, 7) is 3.37. The number of thiazole rings is 1. The minimum Gasteiger partial charge on any atom is -0.494 e. The van der Waals surface area contributed by atoms with Gasteiger partial charge in [-0.2, -0.15) is 0 Å². The van der Waals surface area contributed by atoms with E-state index in [2.05, 4.69) is 4.98 Å². The molecule has 29 heavy (non-hydrogen) atoms. The summed E-state index contributed by atoms with van der Waals surface area (Å²) in [4.78, 5) is 21.1. The Hall–Kier alpha value is -2.66. The van der Waals surface area contributed by atoms with Crippen LogP contribution in [-0.4, -0.2) is 35.0 Å². The van der Waals surface area contributed by atoms with Gasteiger partial charge >= 0.3 is 0 Å². The first-order valence-electron chi connectivity index (χ1n) is 10.2. The van der Waals surface area contributed by atoms with Crippen LogP contribution in [0.1, 0.15) is 41.2 Å². The maximum Gasteiger partial charge on any atom is 0.274 e. The zero-order valence-corrected chi connectivity index (χ0v) is 17.5. The van der Waals surface area contributed by atoms with E-state index in [1.54, 1.807) is 11.3 Å². The number of aryl methyl sites for hydroxylation is 1. The number of para-hydroxylation sites is 1. The van der Waals surface area contributed by atoms with Gasteiger partial charge in [0.25, 0.3) is 5.91 Å². The summed E-state index contributed by atoms with van der Waals surface area (Å²) in [7, 11) is 0. The third-order valence-electron chi connectivity index (χ3n) is 5.32. The fraction of sp³-hybridized carbons (Fsp3) is 0.333. The molecule has 0 N–H and O–H groups in total. The van der Waals surface area contributed by atoms with E-state index in [1.165, 1.54) is 0 Å². The number of piperidine rings is 1. The predicted molar refractivity (Wildman–Crippen MR) is 118 cm³/mol. The van der Waals surface area contributed by atoms with Crippen LogP contribution in [0.5, 0.6) is 5.75 Å². The van der Waals surface area contributed by atoms with Gasteiger partial charge in [-0.3, -0.25) is 4.79 Å². The van der Waals surface area contributed by atoms with Crippen molar-refractivity contribution in [3.05, 3.63) is 71.4 Å². The molecule has 5 heteroatoms. The maximum absolute atomic E-state index is 13.5. The third-order valence-corrected chi connectivity index (χ3v) is 6.34. The molecule has 4 nitrogen and oxygen atoms in total. The topological polar surface area (TPSA) is 42.4 Å². The summed E-state index contributed by atoms with van der Waals surface area (Å²) in [5.41, 5.74) is 1.65. The Labute approximate surface area is 176 Å². The number of amides is 1. The van der Waals surface area contributed by atoms with Crippen LogP contribution in [0.3, 0.4) is 0 Å². The molecule has 0 aliphatic carbocycles. The quantitative estimate of drug-likeness (QED) is 0.536. The maximum atomic E-state index is 13.5. The second-order valence-electron chi connectivity index (χ2n) is 7.37. The predicted octanol–water partition coefficient (Wildman–Crippen LogP) is 5.58. The van der Waals surface area contributed by atoms with E-state index in [0.717, 1.165) is 53.4 Å². The molecule has 1 aliphatic heterocycles. The fourth-order valence-electron chi connectivity index (χ4n) is 3.89. The molecule has 0 spiro atoms. The van der Waals surface area contributed by atoms with Gasteiger partial charge in [0.2, 0.25) is 0 Å². The third kappa shape index (κ3) is 4.67. The summed E-state index contributed by atoms with van der Waals surface area (Å²) in [6.07, 6.45) is 4.06. The smallest absolute Gasteiger partial charge is 0.274 e. The molecular formula is C24H26N2O2S. The van der Waals surface area contributed by atoms with Gasteiger partial charge in [0.15, 0.2) is 0 Å². The number of hydrogen-bond donors (Lipinski definition) is 0. The van der Waals surface area contributed by atoms with Crippen molar-refractivity contribution >= 4 is 17.2 Å². The van der Waals surface area contributed by atoms with E-state index >= 15 is 0 Å². The van der Waals surface area contributed by atoms with Crippen molar-refractivity contribution in [2.75, 3.05) is 13.2 Å². The number of likely N-dealkylation sites (tertiary alicyclic amines) is 1. The van der Waals surface area contributed by atoms with E-state index in [9.17, 15) is 4.79 Å². The molecular weight excluding hydrogens is 380 g/mol. The van der Waals surface area contributed by atoms with Gasteiger partial charge in [-0.05, 0) is 43.9 Å². The van der Waals surface area contributed by atoms with Gasteiger partial charge in [-0.1, -0.05) is 48.5 Å². The molecule has 1 fully saturated rings. The summed E-state index contributed by atoms with van der Waals surface area (Å²) >= 11 is 1.59. The van der Waals surface area contributed by atoms with Crippen molar-refractivity contribution in [2.24, 2.45) is 0 Å². The number of hydrogen-bond acceptors (Lipinski definition) is 4. The molecule has 4 rings (SSSR count). The molecule has 3 aromatic rings. The van der Waals surface area contributed by atoms with Crippen LogP contribution < -0.4 is 4.74 Å². The molecule has 150 valence electrons. The average Bonchev–Trinajstić information content (AvgIpc) is 3.17. The van der Waals surface area contributed by atoms with Crippen LogP contribution in [0, 0.1) is 6.92 Å². The molecule has 1 atom stereocenters. The Morgan fingerprint density at radius 2 is 1.83 bits per heavy atom. The lowest BCUT2D eigenvalue weighted by Gasteiger charge is -2.35. The van der Waals surface area contributed by atoms with Gasteiger partial charge in [-0.25, -0.2) is 4.98 Å². The Balaban J connectivity index is 1.49. The van der Waals surface area contributed by atoms with Crippen LogP contribution >= 0.6 is 11.3 Å². The van der Waals surface area contributed by atoms with Crippen LogP contribution in [0.25, 0.3) is 10.4 Å². The van der Waals surface area contributed by atoms with Gasteiger partial charge in [0.05, 0.1) is 16.5 Å². The van der Waals surface area contributed by atoms with Gasteiger partial charge in [0, 0.05) is 19.0 Å². The number of nitrogens with zero attached hydrogens (tertiary/aromatic N) is 2. The fourth-order valence-corrected chi connectivity index (χ4v) is 4.81. The average molecular weight is 407 g/mol. The zero-order valence-electron chi connectivity index (χ0n) is 16.7. The van der Waals surface area contributed by atoms with Crippen molar-refractivity contribution < 1.29 is 9.53 Å². The van der Waals surface area contributed by atoms with Gasteiger partial charge in [0.1, 0.15) is 11.4 Å². The molecule has 2 aromatic carbocycles. The minimum atomic E-state index is 0.0533. The van der Waals surface area contributed by atoms with E-state index < -0.39 is 0 Å². The van der Waals surface area contributed by atoms with Crippen LogP contribution in [0.2, 0.25) is 0 Å². The van der Waals surface area contributed by atoms with Crippen molar-refractivity contribution in [1.29, 1.82) is 0 Å². The van der Waals surface area contributed by atoms with E-state index in [-0.39, 0.29) is 11.9 Å². The second kappa shape index (κ2) is 9.23. The van der Waals surface area contributed by atoms with Crippen LogP contribution in [-0.2, 0) is 0 Å². The van der Waals surface area contributed by atoms with Crippen LogP contribution in [0.15, 0.2) is 60.7 Å². The standard InChI is InChI=1S/C24H26N2O2S/c1-18-25-22(23(29-18)19-10-4-2-5-11-19)24(27)26-16-9-8-12-20(26)15-17-28-21-13-6-3-7-14-21/h2-7,10-11,13-14,20H,8-9,12,15-17H2,1H3. The first kappa shape index (κ1) is 19.6. The number of rotatable bonds is 6. The normalized spacial score (nSPS) is 16.6. The van der Waals surface area contributed by atoms with Crippen molar-refractivity contribution in [3.63, 3.8) is 0 Å². The Morgan fingerprint density at radius 1 is 1.10 bits per heavy atom. The summed E-state index contributed by atoms with van der Waals surface area (Å²) in [6, 6.07) is 20.2. The van der Waals surface area contributed by atoms with Crippen LogP contribution in [0.4, 0.5) is 0 Å². The Morgan fingerprint density at radius 3 is 2.59 bits per heavy atom. The molecule has 0 bridgehead atoms. The largest absolute Gasteiger partial charge is 0.494 e.